The van der Waals surface area contributed by atoms with Gasteiger partial charge in [0.1, 0.15) is 17.2 Å². The van der Waals surface area contributed by atoms with Crippen molar-refractivity contribution in [2.24, 2.45) is 4.99 Å². The van der Waals surface area contributed by atoms with E-state index in [1.165, 1.54) is 53.5 Å². The van der Waals surface area contributed by atoms with Gasteiger partial charge in [0, 0.05) is 37.4 Å². The smallest absolute Gasteiger partial charge is 0.208 e. The minimum absolute atomic E-state index is 0.178. The molecule has 4 nitrogen and oxygen atoms in total. The van der Waals surface area contributed by atoms with Crippen LogP contribution < -0.4 is 5.32 Å². The van der Waals surface area contributed by atoms with Gasteiger partial charge in [-0.15, -0.1) is 11.3 Å². The Kier molecular flexibility index (Phi) is 4.49. The largest absolute Gasteiger partial charge is 0.456 e. The molecule has 5 heteroatoms. The summed E-state index contributed by atoms with van der Waals surface area (Å²) in [6, 6.07) is 45.4. The highest BCUT2D eigenvalue weighted by molar-refractivity contribution is 7.20. The zero-order chi connectivity index (χ0) is 29.2. The molecule has 0 amide bonds. The number of anilines is 1. The van der Waals surface area contributed by atoms with E-state index in [2.05, 4.69) is 125 Å². The Hall–Kier alpha value is -5.65. The molecular formula is C40H23N3OS. The van der Waals surface area contributed by atoms with Crippen LogP contribution >= 0.6 is 11.3 Å². The first-order valence-corrected chi connectivity index (χ1v) is 16.1. The lowest BCUT2D eigenvalue weighted by atomic mass is 10.0. The van der Waals surface area contributed by atoms with Gasteiger partial charge in [-0.1, -0.05) is 97.1 Å². The van der Waals surface area contributed by atoms with Crippen LogP contribution in [0.3, 0.4) is 0 Å². The van der Waals surface area contributed by atoms with Crippen LogP contribution in [0, 0.1) is 0 Å². The molecule has 1 aliphatic carbocycles. The minimum atomic E-state index is -0.178. The van der Waals surface area contributed by atoms with E-state index in [-0.39, 0.29) is 6.04 Å². The van der Waals surface area contributed by atoms with Gasteiger partial charge in [0.15, 0.2) is 0 Å². The lowest BCUT2D eigenvalue weighted by Gasteiger charge is -2.25. The SMILES string of the molecule is c1cc2c3c(cccc3c1)-c1c-2c2ccccc2n1C1=NC(c2ccc3oc4ccccc4c3c2)c2sc3ccccc3c2N1. The van der Waals surface area contributed by atoms with Gasteiger partial charge in [0.2, 0.25) is 5.96 Å². The van der Waals surface area contributed by atoms with Crippen molar-refractivity contribution in [1.29, 1.82) is 0 Å². The van der Waals surface area contributed by atoms with Gasteiger partial charge in [0.25, 0.3) is 0 Å². The molecule has 6 aromatic carbocycles. The van der Waals surface area contributed by atoms with Gasteiger partial charge in [-0.2, -0.15) is 0 Å². The Balaban J connectivity index is 1.21. The number of hydrogen-bond donors (Lipinski definition) is 1. The summed E-state index contributed by atoms with van der Waals surface area (Å²) >= 11 is 1.83. The van der Waals surface area contributed by atoms with Gasteiger partial charge >= 0.3 is 0 Å². The lowest BCUT2D eigenvalue weighted by molar-refractivity contribution is 0.668. The van der Waals surface area contributed by atoms with Crippen LogP contribution in [0.1, 0.15) is 16.5 Å². The Bertz CT molecular complexity index is 2750. The molecule has 1 aliphatic heterocycles. The van der Waals surface area contributed by atoms with Crippen LogP contribution in [-0.4, -0.2) is 10.5 Å². The number of rotatable bonds is 1. The molecular weight excluding hydrogens is 571 g/mol. The van der Waals surface area contributed by atoms with Gasteiger partial charge in [0.05, 0.1) is 21.8 Å². The predicted molar refractivity (Wildman–Crippen MR) is 188 cm³/mol. The fraction of sp³-hybridized carbons (Fsp3) is 0.0250. The van der Waals surface area contributed by atoms with Crippen LogP contribution in [-0.2, 0) is 0 Å². The predicted octanol–water partition coefficient (Wildman–Crippen LogP) is 11.0. The number of aromatic nitrogens is 1. The molecule has 0 fully saturated rings. The van der Waals surface area contributed by atoms with E-state index < -0.39 is 0 Å². The number of para-hydroxylation sites is 2. The third-order valence-corrected chi connectivity index (χ3v) is 10.8. The van der Waals surface area contributed by atoms with Crippen LogP contribution in [0.15, 0.2) is 137 Å². The zero-order valence-corrected chi connectivity index (χ0v) is 24.7. The number of nitrogens with zero attached hydrogens (tertiary/aromatic N) is 2. The van der Waals surface area contributed by atoms with E-state index in [9.17, 15) is 0 Å². The quantitative estimate of drug-likeness (QED) is 0.206. The number of furan rings is 1. The normalized spacial score (nSPS) is 15.2. The highest BCUT2D eigenvalue weighted by atomic mass is 32.1. The lowest BCUT2D eigenvalue weighted by Crippen LogP contribution is -2.27. The molecule has 0 radical (unpaired) electrons. The average molecular weight is 594 g/mol. The van der Waals surface area contributed by atoms with Crippen molar-refractivity contribution in [2.75, 3.05) is 5.32 Å². The van der Waals surface area contributed by atoms with E-state index in [0.29, 0.717) is 0 Å². The second-order valence-corrected chi connectivity index (χ2v) is 13.0. The number of hydrogen-bond acceptors (Lipinski definition) is 4. The summed E-state index contributed by atoms with van der Waals surface area (Å²) in [5, 5.41) is 11.2. The van der Waals surface area contributed by atoms with Crippen LogP contribution in [0.25, 0.3) is 76.1 Å². The molecule has 0 bridgehead atoms. The zero-order valence-electron chi connectivity index (χ0n) is 23.9. The van der Waals surface area contributed by atoms with E-state index in [1.807, 2.05) is 23.5 Å². The van der Waals surface area contributed by atoms with Crippen molar-refractivity contribution in [2.45, 2.75) is 6.04 Å². The second kappa shape index (κ2) is 8.50. The highest BCUT2D eigenvalue weighted by Crippen LogP contribution is 2.53. The highest BCUT2D eigenvalue weighted by Gasteiger charge is 2.34. The Morgan fingerprint density at radius 1 is 0.667 bits per heavy atom. The average Bonchev–Trinajstić information content (AvgIpc) is 3.83. The van der Waals surface area contributed by atoms with Gasteiger partial charge < -0.3 is 9.73 Å². The summed E-state index contributed by atoms with van der Waals surface area (Å²) < 4.78 is 9.82. The van der Waals surface area contributed by atoms with E-state index >= 15 is 0 Å². The van der Waals surface area contributed by atoms with Gasteiger partial charge in [-0.25, -0.2) is 4.99 Å². The Labute approximate surface area is 261 Å². The van der Waals surface area contributed by atoms with E-state index in [4.69, 9.17) is 9.41 Å². The van der Waals surface area contributed by atoms with Crippen molar-refractivity contribution < 1.29 is 4.42 Å². The molecule has 1 unspecified atom stereocenters. The molecule has 2 aliphatic rings. The molecule has 1 atom stereocenters. The van der Waals surface area contributed by atoms with Crippen LogP contribution in [0.5, 0.6) is 0 Å². The number of aliphatic imine (C=N–C) groups is 1. The summed E-state index contributed by atoms with van der Waals surface area (Å²) in [4.78, 5) is 6.83. The number of nitrogens with one attached hydrogen (secondary N) is 1. The van der Waals surface area contributed by atoms with E-state index in [1.54, 1.807) is 0 Å². The molecule has 11 rings (SSSR count). The fourth-order valence-corrected chi connectivity index (χ4v) is 8.93. The maximum absolute atomic E-state index is 6.20. The van der Waals surface area contributed by atoms with Gasteiger partial charge in [-0.05, 0) is 52.2 Å². The molecule has 4 heterocycles. The van der Waals surface area contributed by atoms with Crippen LogP contribution in [0.4, 0.5) is 5.69 Å². The maximum atomic E-state index is 6.20. The molecule has 0 spiro atoms. The van der Waals surface area contributed by atoms with Gasteiger partial charge in [-0.3, -0.25) is 4.57 Å². The summed E-state index contributed by atoms with van der Waals surface area (Å²) in [6.45, 7) is 0. The molecule has 0 saturated carbocycles. The Morgan fingerprint density at radius 2 is 1.42 bits per heavy atom. The van der Waals surface area contributed by atoms with E-state index in [0.717, 1.165) is 44.7 Å². The molecule has 9 aromatic rings. The molecule has 210 valence electrons. The first-order chi connectivity index (χ1) is 22.3. The van der Waals surface area contributed by atoms with Crippen molar-refractivity contribution in [3.05, 3.63) is 138 Å². The molecule has 45 heavy (non-hydrogen) atoms. The first-order valence-electron chi connectivity index (χ1n) is 15.3. The van der Waals surface area contributed by atoms with Crippen molar-refractivity contribution in [1.82, 2.24) is 4.57 Å². The second-order valence-electron chi connectivity index (χ2n) is 12.0. The van der Waals surface area contributed by atoms with Crippen molar-refractivity contribution in [3.8, 4) is 22.4 Å². The number of fused-ring (bicyclic) bond motifs is 11. The first kappa shape index (κ1) is 23.8. The monoisotopic (exact) mass is 593 g/mol. The summed E-state index contributed by atoms with van der Waals surface area (Å²) in [5.74, 6) is 0.843. The number of thiophene rings is 1. The summed E-state index contributed by atoms with van der Waals surface area (Å²) in [7, 11) is 0. The summed E-state index contributed by atoms with van der Waals surface area (Å²) in [6.07, 6.45) is 0. The fourth-order valence-electron chi connectivity index (χ4n) is 7.70. The van der Waals surface area contributed by atoms with Crippen molar-refractivity contribution >= 4 is 76.7 Å². The molecule has 3 aromatic heterocycles. The van der Waals surface area contributed by atoms with Crippen LogP contribution in [0.2, 0.25) is 0 Å². The maximum Gasteiger partial charge on any atom is 0.208 e. The van der Waals surface area contributed by atoms with Crippen molar-refractivity contribution in [3.63, 3.8) is 0 Å². The summed E-state index contributed by atoms with van der Waals surface area (Å²) in [5.41, 5.74) is 10.3. The standard InChI is InChI=1S/C40H23N3OS/c1-4-16-30-25(12-1)35-27-14-7-9-22-10-8-15-28(34(22)27)38(35)43(30)40-41-36(39-37(42-40)26-13-3-6-18-33(26)45-39)23-19-20-32-29(21-23)24-11-2-5-17-31(24)44-32/h1-21,36H,(H,41,42). The Morgan fingerprint density at radius 3 is 2.33 bits per heavy atom. The molecule has 0 saturated heterocycles. The minimum Gasteiger partial charge on any atom is -0.456 e. The third kappa shape index (κ3) is 3.08. The number of benzene rings is 6. The topological polar surface area (TPSA) is 42.5 Å². The third-order valence-electron chi connectivity index (χ3n) is 9.59. The molecule has 1 N–H and O–H groups in total.